The summed E-state index contributed by atoms with van der Waals surface area (Å²) in [7, 11) is -4.42. The fourth-order valence-electron chi connectivity index (χ4n) is 1.74. The number of carboxylic acids is 1. The number of anilines is 1. The van der Waals surface area contributed by atoms with Gasteiger partial charge in [-0.2, -0.15) is 0 Å². The second-order valence-electron chi connectivity index (χ2n) is 4.49. The van der Waals surface area contributed by atoms with Crippen molar-refractivity contribution >= 4 is 28.0 Å². The summed E-state index contributed by atoms with van der Waals surface area (Å²) in [4.78, 5) is 29.9. The molecule has 0 saturated heterocycles. The van der Waals surface area contributed by atoms with Crippen LogP contribution in [-0.2, 0) is 10.0 Å². The third-order valence-electron chi connectivity index (χ3n) is 2.58. The minimum absolute atomic E-state index is 0.0825. The first kappa shape index (κ1) is 16.4. The van der Waals surface area contributed by atoms with Gasteiger partial charge in [-0.05, 0) is 19.9 Å². The summed E-state index contributed by atoms with van der Waals surface area (Å²) >= 11 is 0. The molecule has 0 unspecified atom stereocenters. The van der Waals surface area contributed by atoms with Gasteiger partial charge in [0.05, 0.1) is 0 Å². The maximum Gasteiger partial charge on any atom is 0.340 e. The van der Waals surface area contributed by atoms with Crippen molar-refractivity contribution < 1.29 is 27.5 Å². The molecule has 0 spiro atoms. The lowest BCUT2D eigenvalue weighted by molar-refractivity contribution is 0.0692. The highest BCUT2D eigenvalue weighted by atomic mass is 32.2. The predicted molar refractivity (Wildman–Crippen MR) is 76.5 cm³/mol. The molecule has 3 N–H and O–H groups in total. The van der Waals surface area contributed by atoms with Crippen molar-refractivity contribution in [2.45, 2.75) is 18.7 Å². The molecule has 2 aromatic rings. The molecule has 0 bridgehead atoms. The van der Waals surface area contributed by atoms with E-state index in [9.17, 15) is 18.0 Å². The third kappa shape index (κ3) is 3.83. The van der Waals surface area contributed by atoms with Crippen LogP contribution in [-0.4, -0.2) is 35.5 Å². The van der Waals surface area contributed by atoms with E-state index in [2.05, 4.69) is 19.7 Å². The van der Waals surface area contributed by atoms with E-state index < -0.39 is 32.5 Å². The zero-order valence-electron chi connectivity index (χ0n) is 12.0. The van der Waals surface area contributed by atoms with Gasteiger partial charge in [0.25, 0.3) is 10.0 Å². The quantitative estimate of drug-likeness (QED) is 0.742. The summed E-state index contributed by atoms with van der Waals surface area (Å²) in [6.45, 7) is 3.36. The van der Waals surface area contributed by atoms with Gasteiger partial charge in [-0.15, -0.1) is 0 Å². The molecule has 23 heavy (non-hydrogen) atoms. The zero-order valence-corrected chi connectivity index (χ0v) is 12.8. The molecule has 2 aromatic heterocycles. The second kappa shape index (κ2) is 6.04. The maximum atomic E-state index is 12.0. The summed E-state index contributed by atoms with van der Waals surface area (Å²) in [6.07, 6.45) is 1.47. The summed E-state index contributed by atoms with van der Waals surface area (Å²) in [5.41, 5.74) is 0.574. The van der Waals surface area contributed by atoms with E-state index in [0.717, 1.165) is 6.26 Å². The van der Waals surface area contributed by atoms with E-state index in [4.69, 9.17) is 5.11 Å². The fourth-order valence-corrected chi connectivity index (χ4v) is 2.75. The molecule has 122 valence electrons. The van der Waals surface area contributed by atoms with Gasteiger partial charge in [0.2, 0.25) is 5.95 Å². The Balaban J connectivity index is 2.18. The van der Waals surface area contributed by atoms with Crippen LogP contribution in [0.5, 0.6) is 0 Å². The van der Waals surface area contributed by atoms with Crippen molar-refractivity contribution in [2.75, 3.05) is 5.32 Å². The first-order chi connectivity index (χ1) is 10.7. The number of nitrogens with zero attached hydrogens (tertiary/aromatic N) is 2. The standard InChI is InChI=1S/C12H12N4O6S/c1-6-3-7(2)14-11(13-6)15-12(19)16-23(20,21)9-5-22-4-8(9)10(17)18/h3-5H,1-2H3,(H,17,18)(H2,13,14,15,16,19). The van der Waals surface area contributed by atoms with E-state index >= 15 is 0 Å². The summed E-state index contributed by atoms with van der Waals surface area (Å²) in [5, 5.41) is 11.0. The number of sulfonamides is 1. The van der Waals surface area contributed by atoms with Crippen LogP contribution in [0.25, 0.3) is 0 Å². The van der Waals surface area contributed by atoms with Gasteiger partial charge in [0.1, 0.15) is 23.0 Å². The van der Waals surface area contributed by atoms with Gasteiger partial charge < -0.3 is 9.52 Å². The van der Waals surface area contributed by atoms with Crippen molar-refractivity contribution in [3.05, 3.63) is 35.5 Å². The number of amides is 2. The van der Waals surface area contributed by atoms with Crippen molar-refractivity contribution in [1.29, 1.82) is 0 Å². The topological polar surface area (TPSA) is 151 Å². The normalized spacial score (nSPS) is 11.0. The summed E-state index contributed by atoms with van der Waals surface area (Å²) < 4.78 is 30.3. The number of aryl methyl sites for hydroxylation is 2. The minimum Gasteiger partial charge on any atom is -0.478 e. The molecule has 0 aromatic carbocycles. The molecule has 0 saturated carbocycles. The average Bonchev–Trinajstić information content (AvgIpc) is 2.86. The molecule has 0 radical (unpaired) electrons. The van der Waals surface area contributed by atoms with Crippen LogP contribution in [0, 0.1) is 13.8 Å². The van der Waals surface area contributed by atoms with E-state index in [-0.39, 0.29) is 5.95 Å². The van der Waals surface area contributed by atoms with Crippen molar-refractivity contribution in [1.82, 2.24) is 14.7 Å². The second-order valence-corrected chi connectivity index (χ2v) is 6.14. The predicted octanol–water partition coefficient (Wildman–Crippen LogP) is 0.895. The van der Waals surface area contributed by atoms with Crippen molar-refractivity contribution in [2.24, 2.45) is 0 Å². The summed E-state index contributed by atoms with van der Waals surface area (Å²) in [5.74, 6) is -1.59. The molecule has 2 rings (SSSR count). The Bertz CT molecular complexity index is 853. The van der Waals surface area contributed by atoms with Gasteiger partial charge in [-0.25, -0.2) is 32.7 Å². The molecule has 0 atom stereocenters. The number of hydrogen-bond acceptors (Lipinski definition) is 7. The van der Waals surface area contributed by atoms with Crippen LogP contribution < -0.4 is 10.0 Å². The molecule has 0 aliphatic carbocycles. The van der Waals surface area contributed by atoms with Gasteiger partial charge >= 0.3 is 12.0 Å². The average molecular weight is 340 g/mol. The zero-order chi connectivity index (χ0) is 17.2. The molecular weight excluding hydrogens is 328 g/mol. The van der Waals surface area contributed by atoms with E-state index in [1.807, 2.05) is 0 Å². The Hall–Kier alpha value is -2.95. The molecule has 2 heterocycles. The molecule has 0 aliphatic heterocycles. The smallest absolute Gasteiger partial charge is 0.340 e. The minimum atomic E-state index is -4.42. The van der Waals surface area contributed by atoms with Crippen LogP contribution in [0.2, 0.25) is 0 Å². The highest BCUT2D eigenvalue weighted by Crippen LogP contribution is 2.16. The molecular formula is C12H12N4O6S. The Morgan fingerprint density at radius 2 is 1.78 bits per heavy atom. The molecule has 2 amide bonds. The van der Waals surface area contributed by atoms with Crippen molar-refractivity contribution in [3.8, 4) is 0 Å². The summed E-state index contributed by atoms with van der Waals surface area (Å²) in [6, 6.07) is 0.539. The Morgan fingerprint density at radius 3 is 2.35 bits per heavy atom. The number of urea groups is 1. The van der Waals surface area contributed by atoms with Crippen LogP contribution in [0.1, 0.15) is 21.7 Å². The molecule has 0 aliphatic rings. The first-order valence-corrected chi connectivity index (χ1v) is 7.63. The molecule has 10 nitrogen and oxygen atoms in total. The Morgan fingerprint density at radius 1 is 1.17 bits per heavy atom. The number of carboxylic acid groups (broad SMARTS) is 1. The Labute approximate surface area is 130 Å². The number of aromatic nitrogens is 2. The Kier molecular flexibility index (Phi) is 4.31. The van der Waals surface area contributed by atoms with Gasteiger partial charge in [0, 0.05) is 11.4 Å². The van der Waals surface area contributed by atoms with E-state index in [1.54, 1.807) is 24.6 Å². The van der Waals surface area contributed by atoms with Crippen molar-refractivity contribution in [3.63, 3.8) is 0 Å². The number of nitrogens with one attached hydrogen (secondary N) is 2. The third-order valence-corrected chi connectivity index (χ3v) is 3.93. The number of hydrogen-bond donors (Lipinski definition) is 3. The number of furan rings is 1. The lowest BCUT2D eigenvalue weighted by atomic mass is 10.3. The molecule has 11 heteroatoms. The van der Waals surface area contributed by atoms with Crippen LogP contribution in [0.3, 0.4) is 0 Å². The van der Waals surface area contributed by atoms with Gasteiger partial charge in [-0.3, -0.25) is 5.32 Å². The number of rotatable bonds is 4. The maximum absolute atomic E-state index is 12.0. The number of aromatic carboxylic acids is 1. The fraction of sp³-hybridized carbons (Fsp3) is 0.167. The first-order valence-electron chi connectivity index (χ1n) is 6.14. The van der Waals surface area contributed by atoms with Crippen LogP contribution in [0.15, 0.2) is 27.9 Å². The highest BCUT2D eigenvalue weighted by molar-refractivity contribution is 7.90. The van der Waals surface area contributed by atoms with Crippen LogP contribution >= 0.6 is 0 Å². The lowest BCUT2D eigenvalue weighted by Gasteiger charge is -2.08. The van der Waals surface area contributed by atoms with Gasteiger partial charge in [-0.1, -0.05) is 0 Å². The van der Waals surface area contributed by atoms with E-state index in [0.29, 0.717) is 17.7 Å². The highest BCUT2D eigenvalue weighted by Gasteiger charge is 2.26. The largest absolute Gasteiger partial charge is 0.478 e. The molecule has 0 fully saturated rings. The SMILES string of the molecule is Cc1cc(C)nc(NC(=O)NS(=O)(=O)c2cocc2C(=O)O)n1. The number of carbonyl (C=O) groups excluding carboxylic acids is 1. The number of carbonyl (C=O) groups is 2. The van der Waals surface area contributed by atoms with E-state index in [1.165, 1.54) is 0 Å². The van der Waals surface area contributed by atoms with Crippen LogP contribution in [0.4, 0.5) is 10.7 Å². The lowest BCUT2D eigenvalue weighted by Crippen LogP contribution is -2.35. The monoisotopic (exact) mass is 340 g/mol. The van der Waals surface area contributed by atoms with Gasteiger partial charge in [0.15, 0.2) is 0 Å².